The zero-order chi connectivity index (χ0) is 14.3. The lowest BCUT2D eigenvalue weighted by Crippen LogP contribution is -2.33. The Morgan fingerprint density at radius 3 is 2.47 bits per heavy atom. The molecular formula is C14H23N3O2. The van der Waals surface area contributed by atoms with E-state index in [9.17, 15) is 4.79 Å². The molecule has 0 fully saturated rings. The number of benzene rings is 1. The van der Waals surface area contributed by atoms with Gasteiger partial charge in [-0.05, 0) is 30.5 Å². The molecular weight excluding hydrogens is 242 g/mol. The van der Waals surface area contributed by atoms with E-state index < -0.39 is 0 Å². The van der Waals surface area contributed by atoms with Gasteiger partial charge in [0, 0.05) is 25.4 Å². The molecule has 0 saturated carbocycles. The van der Waals surface area contributed by atoms with Crippen LogP contribution in [0.15, 0.2) is 24.3 Å². The predicted octanol–water partition coefficient (Wildman–Crippen LogP) is 2.11. The highest BCUT2D eigenvalue weighted by molar-refractivity contribution is 5.89. The first-order chi connectivity index (χ1) is 9.02. The third-order valence-corrected chi connectivity index (χ3v) is 2.76. The van der Waals surface area contributed by atoms with E-state index in [0.29, 0.717) is 13.2 Å². The molecule has 0 saturated heterocycles. The topological polar surface area (TPSA) is 76.4 Å². The Morgan fingerprint density at radius 1 is 1.32 bits per heavy atom. The number of carbonyl (C=O) groups excluding carboxylic acids is 1. The van der Waals surface area contributed by atoms with Gasteiger partial charge in [-0.15, -0.1) is 0 Å². The first kappa shape index (κ1) is 15.5. The average Bonchev–Trinajstić information content (AvgIpc) is 2.37. The van der Waals surface area contributed by atoms with Crippen LogP contribution in [0.4, 0.5) is 10.5 Å². The van der Waals surface area contributed by atoms with Crippen LogP contribution >= 0.6 is 0 Å². The quantitative estimate of drug-likeness (QED) is 0.737. The summed E-state index contributed by atoms with van der Waals surface area (Å²) < 4.78 is 5.01. The standard InChI is InChI=1S/C14H23N3O2/c1-10(9-19-3)8-16-14(18)17-13-6-4-12(5-7-13)11(2)15/h4-7,10-11H,8-9,15H2,1-3H3,(H2,16,17,18). The van der Waals surface area contributed by atoms with Gasteiger partial charge in [0.25, 0.3) is 0 Å². The van der Waals surface area contributed by atoms with Gasteiger partial charge in [0.15, 0.2) is 0 Å². The van der Waals surface area contributed by atoms with Crippen LogP contribution in [-0.4, -0.2) is 26.3 Å². The van der Waals surface area contributed by atoms with Crippen LogP contribution in [-0.2, 0) is 4.74 Å². The van der Waals surface area contributed by atoms with Gasteiger partial charge in [0.05, 0.1) is 6.61 Å². The van der Waals surface area contributed by atoms with Crippen LogP contribution < -0.4 is 16.4 Å². The monoisotopic (exact) mass is 265 g/mol. The Bertz CT molecular complexity index is 390. The minimum Gasteiger partial charge on any atom is -0.384 e. The van der Waals surface area contributed by atoms with E-state index in [1.807, 2.05) is 38.1 Å². The summed E-state index contributed by atoms with van der Waals surface area (Å²) in [6, 6.07) is 7.30. The van der Waals surface area contributed by atoms with Gasteiger partial charge in [0.1, 0.15) is 0 Å². The maximum absolute atomic E-state index is 11.7. The van der Waals surface area contributed by atoms with Crippen LogP contribution in [0.25, 0.3) is 0 Å². The van der Waals surface area contributed by atoms with Gasteiger partial charge in [0.2, 0.25) is 0 Å². The van der Waals surface area contributed by atoms with E-state index in [-0.39, 0.29) is 18.0 Å². The molecule has 19 heavy (non-hydrogen) atoms. The molecule has 0 radical (unpaired) electrons. The number of ether oxygens (including phenoxy) is 1. The summed E-state index contributed by atoms with van der Waals surface area (Å²) in [5.41, 5.74) is 7.56. The lowest BCUT2D eigenvalue weighted by atomic mass is 10.1. The van der Waals surface area contributed by atoms with Crippen LogP contribution in [0.1, 0.15) is 25.5 Å². The fraction of sp³-hybridized carbons (Fsp3) is 0.500. The number of urea groups is 1. The summed E-state index contributed by atoms with van der Waals surface area (Å²) in [6.07, 6.45) is 0. The summed E-state index contributed by atoms with van der Waals surface area (Å²) in [7, 11) is 1.65. The fourth-order valence-corrected chi connectivity index (χ4v) is 1.66. The molecule has 1 aromatic rings. The molecule has 2 atom stereocenters. The highest BCUT2D eigenvalue weighted by atomic mass is 16.5. The number of anilines is 1. The van der Waals surface area contributed by atoms with E-state index in [0.717, 1.165) is 11.3 Å². The molecule has 5 nitrogen and oxygen atoms in total. The highest BCUT2D eigenvalue weighted by Crippen LogP contribution is 2.13. The smallest absolute Gasteiger partial charge is 0.319 e. The van der Waals surface area contributed by atoms with E-state index in [2.05, 4.69) is 10.6 Å². The van der Waals surface area contributed by atoms with Gasteiger partial charge in [-0.1, -0.05) is 19.1 Å². The van der Waals surface area contributed by atoms with E-state index >= 15 is 0 Å². The van der Waals surface area contributed by atoms with Gasteiger partial charge >= 0.3 is 6.03 Å². The maximum Gasteiger partial charge on any atom is 0.319 e. The molecule has 0 heterocycles. The second kappa shape index (κ2) is 7.76. The number of nitrogens with two attached hydrogens (primary N) is 1. The molecule has 1 rings (SSSR count). The Labute approximate surface area is 114 Å². The van der Waals surface area contributed by atoms with Crippen LogP contribution in [0, 0.1) is 5.92 Å². The Balaban J connectivity index is 2.40. The van der Waals surface area contributed by atoms with Crippen molar-refractivity contribution < 1.29 is 9.53 Å². The Morgan fingerprint density at radius 2 is 1.95 bits per heavy atom. The van der Waals surface area contributed by atoms with Crippen LogP contribution in [0.2, 0.25) is 0 Å². The lowest BCUT2D eigenvalue weighted by molar-refractivity contribution is 0.159. The van der Waals surface area contributed by atoms with Crippen molar-refractivity contribution >= 4 is 11.7 Å². The zero-order valence-corrected chi connectivity index (χ0v) is 11.8. The third-order valence-electron chi connectivity index (χ3n) is 2.76. The molecule has 4 N–H and O–H groups in total. The van der Waals surface area contributed by atoms with E-state index in [4.69, 9.17) is 10.5 Å². The van der Waals surface area contributed by atoms with Gasteiger partial charge in [-0.2, -0.15) is 0 Å². The summed E-state index contributed by atoms with van der Waals surface area (Å²) in [5.74, 6) is 0.288. The number of hydrogen-bond donors (Lipinski definition) is 3. The van der Waals surface area contributed by atoms with Crippen molar-refractivity contribution in [2.24, 2.45) is 11.7 Å². The molecule has 106 valence electrons. The maximum atomic E-state index is 11.7. The normalized spacial score (nSPS) is 13.7. The van der Waals surface area contributed by atoms with E-state index in [1.165, 1.54) is 0 Å². The molecule has 0 aliphatic carbocycles. The number of nitrogens with one attached hydrogen (secondary N) is 2. The Hall–Kier alpha value is -1.59. The van der Waals surface area contributed by atoms with Crippen LogP contribution in [0.3, 0.4) is 0 Å². The van der Waals surface area contributed by atoms with Gasteiger partial charge < -0.3 is 21.1 Å². The minimum absolute atomic E-state index is 0.00206. The van der Waals surface area contributed by atoms with E-state index in [1.54, 1.807) is 7.11 Å². The molecule has 0 aromatic heterocycles. The van der Waals surface area contributed by atoms with Crippen LogP contribution in [0.5, 0.6) is 0 Å². The van der Waals surface area contributed by atoms with Crippen molar-refractivity contribution in [1.82, 2.24) is 5.32 Å². The van der Waals surface area contributed by atoms with Crippen molar-refractivity contribution in [3.63, 3.8) is 0 Å². The summed E-state index contributed by atoms with van der Waals surface area (Å²) in [6.45, 7) is 5.15. The summed E-state index contributed by atoms with van der Waals surface area (Å²) >= 11 is 0. The number of methoxy groups -OCH3 is 1. The molecule has 0 aliphatic rings. The number of hydrogen-bond acceptors (Lipinski definition) is 3. The van der Waals surface area contributed by atoms with Crippen molar-refractivity contribution in [2.75, 3.05) is 25.6 Å². The molecule has 0 aliphatic heterocycles. The molecule has 1 aromatic carbocycles. The second-order valence-electron chi connectivity index (χ2n) is 4.81. The lowest BCUT2D eigenvalue weighted by Gasteiger charge is -2.13. The molecule has 2 amide bonds. The molecule has 2 unspecified atom stereocenters. The van der Waals surface area contributed by atoms with Crippen molar-refractivity contribution in [2.45, 2.75) is 19.9 Å². The fourth-order valence-electron chi connectivity index (χ4n) is 1.66. The number of amides is 2. The Kier molecular flexibility index (Phi) is 6.32. The zero-order valence-electron chi connectivity index (χ0n) is 11.8. The molecule has 5 heteroatoms. The first-order valence-corrected chi connectivity index (χ1v) is 6.42. The number of rotatable bonds is 6. The van der Waals surface area contributed by atoms with Crippen molar-refractivity contribution in [1.29, 1.82) is 0 Å². The average molecular weight is 265 g/mol. The largest absolute Gasteiger partial charge is 0.384 e. The van der Waals surface area contributed by atoms with Gasteiger partial charge in [-0.3, -0.25) is 0 Å². The predicted molar refractivity (Wildman–Crippen MR) is 77.1 cm³/mol. The third kappa shape index (κ3) is 5.72. The SMILES string of the molecule is COCC(C)CNC(=O)Nc1ccc(C(C)N)cc1. The molecule has 0 bridgehead atoms. The highest BCUT2D eigenvalue weighted by Gasteiger charge is 2.06. The van der Waals surface area contributed by atoms with Crippen molar-refractivity contribution in [3.05, 3.63) is 29.8 Å². The van der Waals surface area contributed by atoms with Gasteiger partial charge in [-0.25, -0.2) is 4.79 Å². The minimum atomic E-state index is -0.212. The first-order valence-electron chi connectivity index (χ1n) is 6.42. The second-order valence-corrected chi connectivity index (χ2v) is 4.81. The molecule has 0 spiro atoms. The van der Waals surface area contributed by atoms with Crippen molar-refractivity contribution in [3.8, 4) is 0 Å². The summed E-state index contributed by atoms with van der Waals surface area (Å²) in [5, 5.41) is 5.57. The number of carbonyl (C=O) groups is 1. The summed E-state index contributed by atoms with van der Waals surface area (Å²) in [4.78, 5) is 11.7.